The Hall–Kier alpha value is -2.08. The fourth-order valence-electron chi connectivity index (χ4n) is 3.72. The SMILES string of the molecule is Cc1cncc(CN2CC(Cn3nc4c(cc3=O)CCCC4)C2)n1. The van der Waals surface area contributed by atoms with Crippen LogP contribution in [0.4, 0.5) is 0 Å². The topological polar surface area (TPSA) is 63.9 Å². The molecule has 0 aromatic carbocycles. The highest BCUT2D eigenvalue weighted by Gasteiger charge is 2.28. The van der Waals surface area contributed by atoms with Gasteiger partial charge in [-0.15, -0.1) is 0 Å². The van der Waals surface area contributed by atoms with E-state index in [0.29, 0.717) is 5.92 Å². The van der Waals surface area contributed by atoms with Crippen LogP contribution in [0.2, 0.25) is 0 Å². The van der Waals surface area contributed by atoms with Crippen LogP contribution in [0.1, 0.15) is 35.5 Å². The van der Waals surface area contributed by atoms with Crippen molar-refractivity contribution in [3.8, 4) is 0 Å². The van der Waals surface area contributed by atoms with Gasteiger partial charge in [0.1, 0.15) is 0 Å². The van der Waals surface area contributed by atoms with Crippen LogP contribution in [0.15, 0.2) is 23.3 Å². The second-order valence-corrected chi connectivity index (χ2v) is 7.06. The van der Waals surface area contributed by atoms with Gasteiger partial charge in [0, 0.05) is 44.0 Å². The zero-order valence-corrected chi connectivity index (χ0v) is 14.1. The van der Waals surface area contributed by atoms with E-state index in [0.717, 1.165) is 61.7 Å². The average Bonchev–Trinajstić information content (AvgIpc) is 2.53. The third-order valence-electron chi connectivity index (χ3n) is 4.93. The first-order valence-electron chi connectivity index (χ1n) is 8.77. The van der Waals surface area contributed by atoms with Gasteiger partial charge in [-0.25, -0.2) is 4.68 Å². The summed E-state index contributed by atoms with van der Waals surface area (Å²) in [4.78, 5) is 23.3. The van der Waals surface area contributed by atoms with E-state index in [1.54, 1.807) is 16.9 Å². The number of aromatic nitrogens is 4. The Bertz CT molecular complexity index is 794. The summed E-state index contributed by atoms with van der Waals surface area (Å²) in [5, 5.41) is 4.62. The standard InChI is InChI=1S/C18H23N5O/c1-13-7-19-8-16(20-13)12-22-9-14(10-22)11-23-18(24)6-15-4-2-3-5-17(15)21-23/h6-8,14H,2-5,9-12H2,1H3. The molecule has 0 unspecified atom stereocenters. The average molecular weight is 325 g/mol. The predicted molar refractivity (Wildman–Crippen MR) is 90.7 cm³/mol. The van der Waals surface area contributed by atoms with E-state index in [9.17, 15) is 4.79 Å². The molecule has 1 aliphatic heterocycles. The van der Waals surface area contributed by atoms with Gasteiger partial charge in [0.2, 0.25) is 0 Å². The summed E-state index contributed by atoms with van der Waals surface area (Å²) >= 11 is 0. The Morgan fingerprint density at radius 1 is 1.21 bits per heavy atom. The lowest BCUT2D eigenvalue weighted by atomic mass is 9.96. The first-order valence-corrected chi connectivity index (χ1v) is 8.77. The minimum absolute atomic E-state index is 0.0543. The van der Waals surface area contributed by atoms with Gasteiger partial charge in [0.25, 0.3) is 5.56 Å². The molecule has 2 aromatic heterocycles. The van der Waals surface area contributed by atoms with Crippen molar-refractivity contribution in [1.82, 2.24) is 24.6 Å². The fraction of sp³-hybridized carbons (Fsp3) is 0.556. The van der Waals surface area contributed by atoms with Crippen LogP contribution in [-0.4, -0.2) is 37.7 Å². The summed E-state index contributed by atoms with van der Waals surface area (Å²) in [5.74, 6) is 0.495. The predicted octanol–water partition coefficient (Wildman–Crippen LogP) is 1.35. The molecule has 3 heterocycles. The minimum Gasteiger partial charge on any atom is -0.297 e. The molecule has 0 radical (unpaired) electrons. The summed E-state index contributed by atoms with van der Waals surface area (Å²) in [6.07, 6.45) is 7.99. The van der Waals surface area contributed by atoms with Gasteiger partial charge in [-0.1, -0.05) is 0 Å². The number of likely N-dealkylation sites (tertiary alicyclic amines) is 1. The molecule has 6 heteroatoms. The van der Waals surface area contributed by atoms with Gasteiger partial charge in [-0.3, -0.25) is 19.7 Å². The molecule has 0 saturated carbocycles. The van der Waals surface area contributed by atoms with E-state index in [-0.39, 0.29) is 5.56 Å². The van der Waals surface area contributed by atoms with Crippen molar-refractivity contribution < 1.29 is 0 Å². The molecular formula is C18H23N5O. The van der Waals surface area contributed by atoms with E-state index < -0.39 is 0 Å². The Morgan fingerprint density at radius 2 is 2.04 bits per heavy atom. The Kier molecular flexibility index (Phi) is 4.14. The van der Waals surface area contributed by atoms with E-state index >= 15 is 0 Å². The van der Waals surface area contributed by atoms with Gasteiger partial charge in [-0.2, -0.15) is 5.10 Å². The number of hydrogen-bond donors (Lipinski definition) is 0. The lowest BCUT2D eigenvalue weighted by molar-refractivity contribution is 0.0750. The third-order valence-corrected chi connectivity index (χ3v) is 4.93. The van der Waals surface area contributed by atoms with E-state index in [4.69, 9.17) is 0 Å². The van der Waals surface area contributed by atoms with Gasteiger partial charge in [0.15, 0.2) is 0 Å². The zero-order valence-electron chi connectivity index (χ0n) is 14.1. The molecule has 0 bridgehead atoms. The van der Waals surface area contributed by atoms with Gasteiger partial charge in [-0.05, 0) is 38.2 Å². The van der Waals surface area contributed by atoms with Crippen LogP contribution in [0, 0.1) is 12.8 Å². The molecule has 4 rings (SSSR count). The van der Waals surface area contributed by atoms with Crippen LogP contribution in [0.3, 0.4) is 0 Å². The van der Waals surface area contributed by atoms with Crippen LogP contribution in [-0.2, 0) is 25.9 Å². The van der Waals surface area contributed by atoms with Crippen molar-refractivity contribution in [1.29, 1.82) is 0 Å². The summed E-state index contributed by atoms with van der Waals surface area (Å²) in [7, 11) is 0. The van der Waals surface area contributed by atoms with Crippen LogP contribution in [0.5, 0.6) is 0 Å². The molecule has 0 amide bonds. The molecule has 0 spiro atoms. The lowest BCUT2D eigenvalue weighted by Crippen LogP contribution is -2.49. The van der Waals surface area contributed by atoms with Crippen LogP contribution >= 0.6 is 0 Å². The van der Waals surface area contributed by atoms with Crippen molar-refractivity contribution in [2.45, 2.75) is 45.7 Å². The Morgan fingerprint density at radius 3 is 2.88 bits per heavy atom. The maximum atomic E-state index is 12.2. The van der Waals surface area contributed by atoms with Crippen molar-refractivity contribution >= 4 is 0 Å². The fourth-order valence-corrected chi connectivity index (χ4v) is 3.72. The number of nitrogens with zero attached hydrogens (tertiary/aromatic N) is 5. The van der Waals surface area contributed by atoms with Crippen molar-refractivity contribution in [3.63, 3.8) is 0 Å². The maximum Gasteiger partial charge on any atom is 0.267 e. The molecule has 1 saturated heterocycles. The summed E-state index contributed by atoms with van der Waals surface area (Å²) in [6, 6.07) is 1.81. The molecular weight excluding hydrogens is 302 g/mol. The molecule has 0 N–H and O–H groups in total. The monoisotopic (exact) mass is 325 g/mol. The highest BCUT2D eigenvalue weighted by molar-refractivity contribution is 5.20. The van der Waals surface area contributed by atoms with E-state index in [1.165, 1.54) is 12.8 Å². The summed E-state index contributed by atoms with van der Waals surface area (Å²) < 4.78 is 1.68. The zero-order chi connectivity index (χ0) is 16.5. The van der Waals surface area contributed by atoms with Crippen molar-refractivity contribution in [2.75, 3.05) is 13.1 Å². The second-order valence-electron chi connectivity index (χ2n) is 7.06. The molecule has 2 aliphatic rings. The molecule has 2 aromatic rings. The molecule has 6 nitrogen and oxygen atoms in total. The summed E-state index contributed by atoms with van der Waals surface area (Å²) in [6.45, 7) is 5.49. The molecule has 1 fully saturated rings. The highest BCUT2D eigenvalue weighted by atomic mass is 16.1. The Balaban J connectivity index is 1.36. The van der Waals surface area contributed by atoms with Crippen molar-refractivity contribution in [2.24, 2.45) is 5.92 Å². The van der Waals surface area contributed by atoms with Gasteiger partial charge >= 0.3 is 0 Å². The second kappa shape index (κ2) is 6.43. The molecule has 126 valence electrons. The van der Waals surface area contributed by atoms with Crippen LogP contribution < -0.4 is 5.56 Å². The molecule has 1 aliphatic carbocycles. The normalized spacial score (nSPS) is 18.2. The smallest absolute Gasteiger partial charge is 0.267 e. The number of aryl methyl sites for hydroxylation is 3. The quantitative estimate of drug-likeness (QED) is 0.849. The Labute approximate surface area is 141 Å². The lowest BCUT2D eigenvalue weighted by Gasteiger charge is -2.39. The van der Waals surface area contributed by atoms with E-state index in [1.807, 2.05) is 13.1 Å². The minimum atomic E-state index is 0.0543. The highest BCUT2D eigenvalue weighted by Crippen LogP contribution is 2.20. The van der Waals surface area contributed by atoms with Gasteiger partial charge in [0.05, 0.1) is 23.6 Å². The van der Waals surface area contributed by atoms with E-state index in [2.05, 4.69) is 20.0 Å². The van der Waals surface area contributed by atoms with Crippen LogP contribution in [0.25, 0.3) is 0 Å². The third kappa shape index (κ3) is 3.24. The van der Waals surface area contributed by atoms with Gasteiger partial charge < -0.3 is 0 Å². The molecule has 24 heavy (non-hydrogen) atoms. The van der Waals surface area contributed by atoms with Crippen molar-refractivity contribution in [3.05, 3.63) is 51.5 Å². The first-order chi connectivity index (χ1) is 11.7. The largest absolute Gasteiger partial charge is 0.297 e. The summed E-state index contributed by atoms with van der Waals surface area (Å²) in [5.41, 5.74) is 4.31. The maximum absolute atomic E-state index is 12.2. The number of hydrogen-bond acceptors (Lipinski definition) is 5. The molecule has 0 atom stereocenters. The number of rotatable bonds is 4. The first kappa shape index (κ1) is 15.4. The number of fused-ring (bicyclic) bond motifs is 1.